The molecule has 1 aliphatic rings. The first kappa shape index (κ1) is 13.4. The Hall–Kier alpha value is -0.650. The SMILES string of the molecule is CCCCC(C(=O)O)N1CCOC(CO)C1. The normalized spacial score (nSPS) is 24.2. The maximum Gasteiger partial charge on any atom is 0.320 e. The number of ether oxygens (including phenoxy) is 1. The molecule has 0 aromatic rings. The molecule has 0 spiro atoms. The summed E-state index contributed by atoms with van der Waals surface area (Å²) in [6.07, 6.45) is 2.34. The third-order valence-electron chi connectivity index (χ3n) is 2.93. The topological polar surface area (TPSA) is 70.0 Å². The van der Waals surface area contributed by atoms with E-state index in [1.54, 1.807) is 0 Å². The lowest BCUT2D eigenvalue weighted by molar-refractivity contribution is -0.147. The highest BCUT2D eigenvalue weighted by Gasteiger charge is 2.29. The standard InChI is InChI=1S/C11H21NO4/c1-2-3-4-10(11(14)15)12-5-6-16-9(7-12)8-13/h9-10,13H,2-8H2,1H3,(H,14,15). The first-order chi connectivity index (χ1) is 7.69. The maximum absolute atomic E-state index is 11.2. The van der Waals surface area contributed by atoms with Gasteiger partial charge in [-0.05, 0) is 6.42 Å². The van der Waals surface area contributed by atoms with Crippen LogP contribution in [-0.4, -0.2) is 59.5 Å². The number of unbranched alkanes of at least 4 members (excludes halogenated alkanes) is 1. The number of hydrogen-bond acceptors (Lipinski definition) is 4. The summed E-state index contributed by atoms with van der Waals surface area (Å²) in [7, 11) is 0. The molecule has 1 fully saturated rings. The lowest BCUT2D eigenvalue weighted by Crippen LogP contribution is -2.51. The van der Waals surface area contributed by atoms with Gasteiger partial charge in [-0.3, -0.25) is 9.69 Å². The summed E-state index contributed by atoms with van der Waals surface area (Å²) >= 11 is 0. The second-order valence-electron chi connectivity index (χ2n) is 4.17. The van der Waals surface area contributed by atoms with Gasteiger partial charge in [-0.15, -0.1) is 0 Å². The summed E-state index contributed by atoms with van der Waals surface area (Å²) in [6, 6.07) is -0.433. The molecular weight excluding hydrogens is 210 g/mol. The van der Waals surface area contributed by atoms with Gasteiger partial charge in [-0.25, -0.2) is 0 Å². The number of hydrogen-bond donors (Lipinski definition) is 2. The fourth-order valence-electron chi connectivity index (χ4n) is 2.00. The Morgan fingerprint density at radius 3 is 2.94 bits per heavy atom. The number of aliphatic hydroxyl groups excluding tert-OH is 1. The quantitative estimate of drug-likeness (QED) is 0.689. The monoisotopic (exact) mass is 231 g/mol. The minimum Gasteiger partial charge on any atom is -0.480 e. The van der Waals surface area contributed by atoms with Crippen molar-refractivity contribution in [1.29, 1.82) is 0 Å². The minimum atomic E-state index is -0.771. The molecule has 2 N–H and O–H groups in total. The van der Waals surface area contributed by atoms with Gasteiger partial charge in [0.1, 0.15) is 6.04 Å². The Morgan fingerprint density at radius 1 is 1.62 bits per heavy atom. The highest BCUT2D eigenvalue weighted by molar-refractivity contribution is 5.73. The summed E-state index contributed by atoms with van der Waals surface area (Å²) in [6.45, 7) is 3.65. The van der Waals surface area contributed by atoms with E-state index in [-0.39, 0.29) is 12.7 Å². The molecule has 0 aromatic carbocycles. The summed E-state index contributed by atoms with van der Waals surface area (Å²) in [5.74, 6) is -0.771. The zero-order chi connectivity index (χ0) is 12.0. The van der Waals surface area contributed by atoms with Crippen molar-refractivity contribution in [2.24, 2.45) is 0 Å². The Kier molecular flexibility index (Phi) is 5.73. The van der Waals surface area contributed by atoms with Crippen LogP contribution in [0.15, 0.2) is 0 Å². The lowest BCUT2D eigenvalue weighted by Gasteiger charge is -2.35. The van der Waals surface area contributed by atoms with E-state index in [9.17, 15) is 4.79 Å². The molecule has 2 atom stereocenters. The van der Waals surface area contributed by atoms with E-state index in [4.69, 9.17) is 14.9 Å². The zero-order valence-corrected chi connectivity index (χ0v) is 9.76. The van der Waals surface area contributed by atoms with Crippen molar-refractivity contribution in [2.75, 3.05) is 26.3 Å². The van der Waals surface area contributed by atoms with Crippen molar-refractivity contribution in [3.05, 3.63) is 0 Å². The number of carboxylic acids is 1. The molecule has 1 aliphatic heterocycles. The van der Waals surface area contributed by atoms with Crippen LogP contribution in [0.4, 0.5) is 0 Å². The van der Waals surface area contributed by atoms with Crippen molar-refractivity contribution in [3.8, 4) is 0 Å². The number of aliphatic carboxylic acids is 1. The summed E-state index contributed by atoms with van der Waals surface area (Å²) in [5.41, 5.74) is 0. The largest absolute Gasteiger partial charge is 0.480 e. The summed E-state index contributed by atoms with van der Waals surface area (Å²) in [4.78, 5) is 13.1. The molecule has 0 radical (unpaired) electrons. The van der Waals surface area contributed by atoms with Gasteiger partial charge < -0.3 is 14.9 Å². The Labute approximate surface area is 96.0 Å². The van der Waals surface area contributed by atoms with Gasteiger partial charge in [-0.1, -0.05) is 19.8 Å². The van der Waals surface area contributed by atoms with Gasteiger partial charge in [0, 0.05) is 13.1 Å². The van der Waals surface area contributed by atoms with Crippen molar-refractivity contribution in [2.45, 2.75) is 38.3 Å². The van der Waals surface area contributed by atoms with Gasteiger partial charge >= 0.3 is 5.97 Å². The van der Waals surface area contributed by atoms with Crippen LogP contribution >= 0.6 is 0 Å². The average Bonchev–Trinajstić information content (AvgIpc) is 2.29. The predicted molar refractivity (Wildman–Crippen MR) is 59.3 cm³/mol. The fraction of sp³-hybridized carbons (Fsp3) is 0.909. The van der Waals surface area contributed by atoms with E-state index in [0.717, 1.165) is 12.8 Å². The maximum atomic E-state index is 11.2. The Bertz CT molecular complexity index is 222. The molecule has 2 unspecified atom stereocenters. The molecule has 1 rings (SSSR count). The third-order valence-corrected chi connectivity index (χ3v) is 2.93. The number of aliphatic hydroxyl groups is 1. The molecule has 0 amide bonds. The minimum absolute atomic E-state index is 0.0450. The first-order valence-electron chi connectivity index (χ1n) is 5.88. The molecule has 5 nitrogen and oxygen atoms in total. The van der Waals surface area contributed by atoms with E-state index in [1.165, 1.54) is 0 Å². The van der Waals surface area contributed by atoms with Crippen molar-refractivity contribution in [1.82, 2.24) is 4.90 Å². The van der Waals surface area contributed by atoms with E-state index in [1.807, 2.05) is 4.90 Å². The highest BCUT2D eigenvalue weighted by Crippen LogP contribution is 2.14. The van der Waals surface area contributed by atoms with E-state index in [0.29, 0.717) is 26.1 Å². The molecule has 16 heavy (non-hydrogen) atoms. The molecule has 1 heterocycles. The van der Waals surface area contributed by atoms with Crippen molar-refractivity contribution in [3.63, 3.8) is 0 Å². The number of nitrogens with zero attached hydrogens (tertiary/aromatic N) is 1. The van der Waals surface area contributed by atoms with Crippen LogP contribution < -0.4 is 0 Å². The molecule has 5 heteroatoms. The van der Waals surface area contributed by atoms with Gasteiger partial charge in [0.05, 0.1) is 19.3 Å². The molecule has 0 aliphatic carbocycles. The molecule has 0 aromatic heterocycles. The first-order valence-corrected chi connectivity index (χ1v) is 5.88. The highest BCUT2D eigenvalue weighted by atomic mass is 16.5. The molecule has 0 bridgehead atoms. The smallest absolute Gasteiger partial charge is 0.320 e. The van der Waals surface area contributed by atoms with Crippen LogP contribution in [0.25, 0.3) is 0 Å². The fourth-order valence-corrected chi connectivity index (χ4v) is 2.00. The van der Waals surface area contributed by atoms with Crippen LogP contribution in [0.3, 0.4) is 0 Å². The van der Waals surface area contributed by atoms with Gasteiger partial charge in [0.15, 0.2) is 0 Å². The van der Waals surface area contributed by atoms with Crippen molar-refractivity contribution < 1.29 is 19.7 Å². The molecule has 94 valence electrons. The summed E-state index contributed by atoms with van der Waals surface area (Å²) in [5, 5.41) is 18.2. The van der Waals surface area contributed by atoms with Gasteiger partial charge in [-0.2, -0.15) is 0 Å². The number of carboxylic acid groups (broad SMARTS) is 1. The Morgan fingerprint density at radius 2 is 2.38 bits per heavy atom. The van der Waals surface area contributed by atoms with Crippen LogP contribution in [-0.2, 0) is 9.53 Å². The van der Waals surface area contributed by atoms with Crippen molar-refractivity contribution >= 4 is 5.97 Å². The number of rotatable bonds is 6. The molecule has 0 saturated carbocycles. The van der Waals surface area contributed by atoms with E-state index >= 15 is 0 Å². The van der Waals surface area contributed by atoms with Gasteiger partial charge in [0.25, 0.3) is 0 Å². The van der Waals surface area contributed by atoms with Crippen LogP contribution in [0.1, 0.15) is 26.2 Å². The zero-order valence-electron chi connectivity index (χ0n) is 9.76. The molecular formula is C11H21NO4. The second kappa shape index (κ2) is 6.83. The second-order valence-corrected chi connectivity index (χ2v) is 4.17. The average molecular weight is 231 g/mol. The van der Waals surface area contributed by atoms with Gasteiger partial charge in [0.2, 0.25) is 0 Å². The molecule has 1 saturated heterocycles. The lowest BCUT2D eigenvalue weighted by atomic mass is 10.1. The summed E-state index contributed by atoms with van der Waals surface area (Å²) < 4.78 is 5.31. The predicted octanol–water partition coefficient (Wildman–Crippen LogP) is 0.323. The van der Waals surface area contributed by atoms with Crippen LogP contribution in [0.5, 0.6) is 0 Å². The van der Waals surface area contributed by atoms with E-state index in [2.05, 4.69) is 6.92 Å². The number of carbonyl (C=O) groups is 1. The van der Waals surface area contributed by atoms with Crippen LogP contribution in [0.2, 0.25) is 0 Å². The van der Waals surface area contributed by atoms with Crippen LogP contribution in [0, 0.1) is 0 Å². The third kappa shape index (κ3) is 3.73. The van der Waals surface area contributed by atoms with E-state index < -0.39 is 12.0 Å². The number of morpholine rings is 1. The Balaban J connectivity index is 2.52.